The lowest BCUT2D eigenvalue weighted by atomic mass is 9.38. The van der Waals surface area contributed by atoms with Crippen LogP contribution in [0.15, 0.2) is 60.7 Å². The van der Waals surface area contributed by atoms with Gasteiger partial charge in [0.25, 0.3) is 0 Å². The first-order chi connectivity index (χ1) is 41.5. The molecule has 0 radical (unpaired) electrons. The van der Waals surface area contributed by atoms with Gasteiger partial charge < -0.3 is 31.2 Å². The molecular weight excluding hydrogens is 1080 g/mol. The van der Waals surface area contributed by atoms with Gasteiger partial charge in [-0.15, -0.1) is 0 Å². The fourth-order valence-corrected chi connectivity index (χ4v) is 33.0. The summed E-state index contributed by atoms with van der Waals surface area (Å²) in [5.74, 6) is 9.66. The van der Waals surface area contributed by atoms with Crippen LogP contribution >= 0.6 is 0 Å². The maximum Gasteiger partial charge on any atom is 0.142 e. The zero-order valence-corrected chi connectivity index (χ0v) is 55.3. The van der Waals surface area contributed by atoms with Crippen molar-refractivity contribution in [2.24, 2.45) is 90.7 Å². The van der Waals surface area contributed by atoms with E-state index in [1.54, 1.807) is 11.1 Å². The van der Waals surface area contributed by atoms with Crippen LogP contribution in [0.3, 0.4) is 0 Å². The molecule has 0 aromatic heterocycles. The molecule has 0 spiro atoms. The number of benzene rings is 4. The van der Waals surface area contributed by atoms with E-state index < -0.39 is 0 Å². The predicted molar refractivity (Wildman–Crippen MR) is 352 cm³/mol. The van der Waals surface area contributed by atoms with Gasteiger partial charge in [-0.3, -0.25) is 0 Å². The highest BCUT2D eigenvalue weighted by Gasteiger charge is 2.67. The summed E-state index contributed by atoms with van der Waals surface area (Å²) in [6.07, 6.45) is 37.1. The van der Waals surface area contributed by atoms with E-state index in [1.165, 1.54) is 208 Å². The average molecular weight is 1180 g/mol. The zero-order chi connectivity index (χ0) is 60.2. The number of aromatic hydroxyl groups is 2. The summed E-state index contributed by atoms with van der Waals surface area (Å²) in [4.78, 5) is 0. The number of nitrogens with two attached hydrogens (primary N) is 2. The topological polar surface area (TPSA) is 111 Å². The van der Waals surface area contributed by atoms with Crippen LogP contribution in [0.5, 0.6) is 34.5 Å². The minimum atomic E-state index is -0.163. The first-order valence-electron chi connectivity index (χ1n) is 36.4. The predicted octanol–water partition coefficient (Wildman–Crippen LogP) is 20.6. The van der Waals surface area contributed by atoms with E-state index in [0.717, 1.165) is 46.7 Å². The lowest BCUT2D eigenvalue weighted by Crippen LogP contribution is -2.58. The first kappa shape index (κ1) is 55.3. The van der Waals surface area contributed by atoms with Crippen LogP contribution in [-0.4, -0.2) is 10.2 Å². The Balaban J connectivity index is 0.803. The highest BCUT2D eigenvalue weighted by atomic mass is 16.5. The molecule has 8 atom stereocenters. The Kier molecular flexibility index (Phi) is 10.6. The smallest absolute Gasteiger partial charge is 0.142 e. The molecule has 20 bridgehead atoms. The standard InChI is InChI=1S/C82H106N2O4/c1-70-24-50-25-71(2,36-70)41-78(32-50,40-70)58-18-54(9-11-66(58)87-68-22-64(85)62(83)20-60(68)80-34-52-28-74(5,44-80)38-75(6,29-52)45-80)82(56-14-48-13-49(16-56)17-57(82)15-48)55-10-12-67(59(19-55)79-33-51-26-72(3,42-79)37-73(4,27-51)43-79)88-69-23-65(86)63(84)21-61(69)81-35-53-30-76(7,46-81)39-77(8,31-53)47-81/h9-12,18-23,48-53,56-57,85-86H,13-17,24-47,83-84H2,1-8H3. The Bertz CT molecular complexity index is 3380. The van der Waals surface area contributed by atoms with E-state index in [1.807, 2.05) is 12.1 Å². The summed E-state index contributed by atoms with van der Waals surface area (Å²) < 4.78 is 15.8. The maximum absolute atomic E-state index is 11.8. The lowest BCUT2D eigenvalue weighted by Gasteiger charge is -2.66. The summed E-state index contributed by atoms with van der Waals surface area (Å²) in [6, 6.07) is 24.1. The van der Waals surface area contributed by atoms with Crippen LogP contribution in [0.25, 0.3) is 0 Å². The second-order valence-corrected chi connectivity index (χ2v) is 40.3. The van der Waals surface area contributed by atoms with Crippen LogP contribution in [0.4, 0.5) is 11.4 Å². The van der Waals surface area contributed by atoms with E-state index in [4.69, 9.17) is 20.9 Å². The molecule has 24 rings (SSSR count). The van der Waals surface area contributed by atoms with Crippen LogP contribution in [0, 0.1) is 90.7 Å². The number of hydrogen-bond acceptors (Lipinski definition) is 6. The molecule has 468 valence electrons. The summed E-state index contributed by atoms with van der Waals surface area (Å²) in [7, 11) is 0. The number of nitrogen functional groups attached to an aromatic ring is 2. The molecule has 4 aromatic rings. The molecule has 88 heavy (non-hydrogen) atoms. The molecule has 6 heteroatoms. The maximum atomic E-state index is 11.8. The van der Waals surface area contributed by atoms with Gasteiger partial charge >= 0.3 is 0 Å². The van der Waals surface area contributed by atoms with Gasteiger partial charge in [0.1, 0.15) is 34.5 Å². The van der Waals surface area contributed by atoms with Gasteiger partial charge in [0.15, 0.2) is 0 Å². The summed E-state index contributed by atoms with van der Waals surface area (Å²) in [5.41, 5.74) is 25.5. The normalized spacial score (nSPS) is 50.4. The van der Waals surface area contributed by atoms with Crippen molar-refractivity contribution in [1.29, 1.82) is 0 Å². The molecule has 8 unspecified atom stereocenters. The number of phenols is 2. The van der Waals surface area contributed by atoms with E-state index >= 15 is 0 Å². The van der Waals surface area contributed by atoms with Crippen molar-refractivity contribution in [3.8, 4) is 34.5 Å². The number of phenolic OH excluding ortho intramolecular Hbond substituents is 2. The molecule has 0 aliphatic heterocycles. The van der Waals surface area contributed by atoms with Crippen molar-refractivity contribution in [2.45, 2.75) is 269 Å². The molecule has 4 aromatic carbocycles. The Morgan fingerprint density at radius 2 is 0.591 bits per heavy atom. The highest BCUT2D eigenvalue weighted by Crippen LogP contribution is 2.77. The largest absolute Gasteiger partial charge is 0.506 e. The molecule has 6 nitrogen and oxygen atoms in total. The van der Waals surface area contributed by atoms with Crippen molar-refractivity contribution < 1.29 is 19.7 Å². The van der Waals surface area contributed by atoms with Crippen LogP contribution < -0.4 is 20.9 Å². The highest BCUT2D eigenvalue weighted by molar-refractivity contribution is 5.65. The van der Waals surface area contributed by atoms with Gasteiger partial charge in [-0.1, -0.05) is 79.7 Å². The molecule has 20 aliphatic carbocycles. The molecule has 0 saturated heterocycles. The Morgan fingerprint density at radius 1 is 0.318 bits per heavy atom. The molecule has 20 fully saturated rings. The Morgan fingerprint density at radius 3 is 0.864 bits per heavy atom. The molecule has 20 saturated carbocycles. The quantitative estimate of drug-likeness (QED) is 0.0930. The third-order valence-electron chi connectivity index (χ3n) is 30.8. The van der Waals surface area contributed by atoms with Gasteiger partial charge in [0, 0.05) is 61.5 Å². The van der Waals surface area contributed by atoms with Crippen molar-refractivity contribution in [1.82, 2.24) is 0 Å². The van der Waals surface area contributed by atoms with Gasteiger partial charge in [-0.05, 0) is 312 Å². The zero-order valence-electron chi connectivity index (χ0n) is 55.3. The fraction of sp³-hybridized carbons (Fsp3) is 0.707. The minimum absolute atomic E-state index is 0.000152. The van der Waals surface area contributed by atoms with Crippen molar-refractivity contribution in [2.75, 3.05) is 11.5 Å². The Hall–Kier alpha value is -4.32. The minimum Gasteiger partial charge on any atom is -0.506 e. The SMILES string of the molecule is CC12CC3CC(C)(C1)CC(c1cc(C4(c5ccc(Oc6cc(O)c(N)cc6C67CC8CC(C)(CC(C)(C8)C6)C7)c(C67CC8CC(C)(CC(C)(C8)C6)C7)c5)C5CC6CC(C5)CC4C6)ccc1Oc1cc(O)c(N)cc1C14CC5CC(C)(CC(C)(C5)C1)C4)(C3)C2. The number of ether oxygens (including phenoxy) is 2. The average Bonchev–Trinajstić information content (AvgIpc) is 0.712. The fourth-order valence-electron chi connectivity index (χ4n) is 33.0. The number of hydrogen-bond donors (Lipinski definition) is 4. The third-order valence-corrected chi connectivity index (χ3v) is 30.8. The summed E-state index contributed by atoms with van der Waals surface area (Å²) in [6.45, 7) is 21.0. The van der Waals surface area contributed by atoms with Crippen molar-refractivity contribution in [3.05, 3.63) is 94.0 Å². The van der Waals surface area contributed by atoms with Crippen molar-refractivity contribution in [3.63, 3.8) is 0 Å². The van der Waals surface area contributed by atoms with E-state index in [2.05, 4.69) is 104 Å². The van der Waals surface area contributed by atoms with Crippen LogP contribution in [-0.2, 0) is 27.1 Å². The molecule has 20 aliphatic rings. The summed E-state index contributed by atoms with van der Waals surface area (Å²) in [5, 5.41) is 23.6. The van der Waals surface area contributed by atoms with Crippen LogP contribution in [0.1, 0.15) is 275 Å². The van der Waals surface area contributed by atoms with Gasteiger partial charge in [0.2, 0.25) is 0 Å². The van der Waals surface area contributed by atoms with E-state index in [9.17, 15) is 10.2 Å². The monoisotopic (exact) mass is 1180 g/mol. The van der Waals surface area contributed by atoms with E-state index in [-0.39, 0.29) is 38.6 Å². The molecule has 0 heterocycles. The second-order valence-electron chi connectivity index (χ2n) is 40.3. The number of anilines is 2. The number of rotatable bonds is 10. The van der Waals surface area contributed by atoms with Crippen LogP contribution in [0.2, 0.25) is 0 Å². The second kappa shape index (κ2) is 16.9. The molecular formula is C82H106N2O4. The lowest BCUT2D eigenvalue weighted by molar-refractivity contribution is -0.111. The molecule has 0 amide bonds. The van der Waals surface area contributed by atoms with Gasteiger partial charge in [0.05, 0.1) is 11.4 Å². The first-order valence-corrected chi connectivity index (χ1v) is 36.4. The van der Waals surface area contributed by atoms with Gasteiger partial charge in [-0.25, -0.2) is 0 Å². The van der Waals surface area contributed by atoms with E-state index in [0.29, 0.717) is 78.4 Å². The summed E-state index contributed by atoms with van der Waals surface area (Å²) >= 11 is 0. The van der Waals surface area contributed by atoms with Crippen molar-refractivity contribution >= 4 is 11.4 Å². The third kappa shape index (κ3) is 7.76. The Labute approximate surface area is 527 Å². The molecule has 6 N–H and O–H groups in total. The van der Waals surface area contributed by atoms with Gasteiger partial charge in [-0.2, -0.15) is 0 Å².